The summed E-state index contributed by atoms with van der Waals surface area (Å²) in [4.78, 5) is 47.7. The van der Waals surface area contributed by atoms with Crippen LogP contribution in [0.15, 0.2) is 97.2 Å². The number of aryl methyl sites for hydroxylation is 1. The number of nitrogens with one attached hydrogen (secondary N) is 2. The number of pyridine rings is 2. The van der Waals surface area contributed by atoms with Gasteiger partial charge in [-0.25, -0.2) is 4.98 Å². The van der Waals surface area contributed by atoms with Crippen molar-refractivity contribution in [2.45, 2.75) is 13.5 Å². The van der Waals surface area contributed by atoms with Gasteiger partial charge in [-0.3, -0.25) is 19.4 Å². The molecule has 0 aliphatic carbocycles. The highest BCUT2D eigenvalue weighted by Gasteiger charge is 2.19. The molecule has 5 aromatic rings. The number of amides is 3. The van der Waals surface area contributed by atoms with Crippen LogP contribution >= 0.6 is 23.2 Å². The zero-order valence-electron chi connectivity index (χ0n) is 25.0. The second-order valence-corrected chi connectivity index (χ2v) is 11.0. The molecule has 46 heavy (non-hydrogen) atoms. The van der Waals surface area contributed by atoms with E-state index in [2.05, 4.69) is 20.6 Å². The highest BCUT2D eigenvalue weighted by molar-refractivity contribution is 6.38. The zero-order chi connectivity index (χ0) is 32.6. The molecular weight excluding hydrogens is 625 g/mol. The maximum atomic E-state index is 13.0. The number of hydrogen-bond acceptors (Lipinski definition) is 6. The summed E-state index contributed by atoms with van der Waals surface area (Å²) in [6.45, 7) is 1.71. The minimum absolute atomic E-state index is 0.0569. The molecule has 3 amide bonds. The van der Waals surface area contributed by atoms with Crippen LogP contribution in [0.1, 0.15) is 27.3 Å². The van der Waals surface area contributed by atoms with Crippen molar-refractivity contribution in [1.82, 2.24) is 15.3 Å². The standard InChI is InChI=1S/C35H29Cl2N5O4/c1-22-9-13-24-6-5-8-30(34(24)40-22)46-21-26-27(36)16-17-29(33(26)37)42(2)32(44)20-39-31(43)18-12-23-10-14-25(15-11-23)41-35(45)28-7-3-4-19-38-28/h3-19H,20-21H2,1-2H3,(H,39,43)(H,41,45). The van der Waals surface area contributed by atoms with Crippen LogP contribution in [0.25, 0.3) is 17.0 Å². The minimum atomic E-state index is -0.454. The fourth-order valence-corrected chi connectivity index (χ4v) is 5.08. The molecule has 0 fully saturated rings. The Labute approximate surface area is 275 Å². The van der Waals surface area contributed by atoms with Gasteiger partial charge in [0.05, 0.1) is 17.3 Å². The molecule has 0 spiro atoms. The van der Waals surface area contributed by atoms with Crippen molar-refractivity contribution in [3.05, 3.63) is 130 Å². The van der Waals surface area contributed by atoms with E-state index in [1.54, 1.807) is 73.9 Å². The quantitative estimate of drug-likeness (QED) is 0.159. The average Bonchev–Trinajstić information content (AvgIpc) is 3.07. The Morgan fingerprint density at radius 2 is 1.74 bits per heavy atom. The fourth-order valence-electron chi connectivity index (χ4n) is 4.48. The third kappa shape index (κ3) is 7.87. The van der Waals surface area contributed by atoms with Gasteiger partial charge in [-0.05, 0) is 67.1 Å². The van der Waals surface area contributed by atoms with Gasteiger partial charge in [0, 0.05) is 46.7 Å². The molecule has 0 aliphatic rings. The van der Waals surface area contributed by atoms with E-state index in [-0.39, 0.29) is 30.0 Å². The lowest BCUT2D eigenvalue weighted by molar-refractivity contribution is -0.122. The van der Waals surface area contributed by atoms with Crippen molar-refractivity contribution in [3.8, 4) is 5.75 Å². The van der Waals surface area contributed by atoms with Crippen LogP contribution in [0.4, 0.5) is 11.4 Å². The summed E-state index contributed by atoms with van der Waals surface area (Å²) < 4.78 is 6.08. The van der Waals surface area contributed by atoms with Crippen LogP contribution in [0.5, 0.6) is 5.75 Å². The Kier molecular flexibility index (Phi) is 10.3. The molecular formula is C35H29Cl2N5O4. The lowest BCUT2D eigenvalue weighted by atomic mass is 10.1. The molecule has 0 radical (unpaired) electrons. The van der Waals surface area contributed by atoms with Crippen molar-refractivity contribution in [2.24, 2.45) is 0 Å². The van der Waals surface area contributed by atoms with Crippen LogP contribution in [0.2, 0.25) is 10.0 Å². The van der Waals surface area contributed by atoms with Crippen molar-refractivity contribution in [3.63, 3.8) is 0 Å². The third-order valence-corrected chi connectivity index (χ3v) is 7.78. The molecule has 5 rings (SSSR count). The number of rotatable bonds is 10. The second-order valence-electron chi connectivity index (χ2n) is 10.2. The Morgan fingerprint density at radius 1 is 0.935 bits per heavy atom. The summed E-state index contributed by atoms with van der Waals surface area (Å²) in [5, 5.41) is 6.95. The first-order valence-electron chi connectivity index (χ1n) is 14.2. The first kappa shape index (κ1) is 32.2. The van der Waals surface area contributed by atoms with E-state index in [1.807, 2.05) is 37.3 Å². The molecule has 0 saturated carbocycles. The van der Waals surface area contributed by atoms with Crippen molar-refractivity contribution >= 4 is 69.3 Å². The molecule has 9 nitrogen and oxygen atoms in total. The van der Waals surface area contributed by atoms with Crippen molar-refractivity contribution < 1.29 is 19.1 Å². The van der Waals surface area contributed by atoms with Gasteiger partial charge in [0.25, 0.3) is 5.91 Å². The predicted molar refractivity (Wildman–Crippen MR) is 181 cm³/mol. The highest BCUT2D eigenvalue weighted by atomic mass is 35.5. The smallest absolute Gasteiger partial charge is 0.274 e. The van der Waals surface area contributed by atoms with Crippen LogP contribution in [-0.4, -0.2) is 41.3 Å². The van der Waals surface area contributed by atoms with Gasteiger partial charge < -0.3 is 20.3 Å². The summed E-state index contributed by atoms with van der Waals surface area (Å²) in [5.41, 5.74) is 4.14. The van der Waals surface area contributed by atoms with E-state index in [9.17, 15) is 14.4 Å². The molecule has 2 aromatic heterocycles. The first-order chi connectivity index (χ1) is 22.2. The molecule has 11 heteroatoms. The van der Waals surface area contributed by atoms with Gasteiger partial charge in [0.1, 0.15) is 23.6 Å². The number of hydrogen-bond donors (Lipinski definition) is 2. The Bertz CT molecular complexity index is 1930. The molecule has 0 atom stereocenters. The maximum Gasteiger partial charge on any atom is 0.274 e. The molecule has 0 bridgehead atoms. The van der Waals surface area contributed by atoms with E-state index in [4.69, 9.17) is 27.9 Å². The molecule has 232 valence electrons. The summed E-state index contributed by atoms with van der Waals surface area (Å²) in [5.74, 6) is -0.581. The topological polar surface area (TPSA) is 114 Å². The number of carbonyl (C=O) groups is 3. The molecule has 2 N–H and O–H groups in total. The number of benzene rings is 3. The largest absolute Gasteiger partial charge is 0.487 e. The minimum Gasteiger partial charge on any atom is -0.487 e. The lowest BCUT2D eigenvalue weighted by Crippen LogP contribution is -2.37. The van der Waals surface area contributed by atoms with Crippen LogP contribution < -0.4 is 20.3 Å². The van der Waals surface area contributed by atoms with E-state index in [1.165, 1.54) is 11.0 Å². The molecule has 3 aromatic carbocycles. The second kappa shape index (κ2) is 14.7. The van der Waals surface area contributed by atoms with E-state index < -0.39 is 5.91 Å². The van der Waals surface area contributed by atoms with E-state index in [0.29, 0.717) is 33.4 Å². The Balaban J connectivity index is 1.16. The lowest BCUT2D eigenvalue weighted by Gasteiger charge is -2.21. The van der Waals surface area contributed by atoms with Crippen molar-refractivity contribution in [1.29, 1.82) is 0 Å². The van der Waals surface area contributed by atoms with Crippen LogP contribution in [0.3, 0.4) is 0 Å². The van der Waals surface area contributed by atoms with Gasteiger partial charge in [-0.15, -0.1) is 0 Å². The number of halogens is 2. The van der Waals surface area contributed by atoms with Gasteiger partial charge in [0.15, 0.2) is 0 Å². The van der Waals surface area contributed by atoms with Gasteiger partial charge in [-0.1, -0.05) is 59.6 Å². The first-order valence-corrected chi connectivity index (χ1v) is 15.0. The SMILES string of the molecule is Cc1ccc2cccc(OCc3c(Cl)ccc(N(C)C(=O)CNC(=O)C=Cc4ccc(NC(=O)c5ccccn5)cc4)c3Cl)c2n1. The molecule has 0 unspecified atom stereocenters. The number of carbonyl (C=O) groups excluding carboxylic acids is 3. The normalized spacial score (nSPS) is 11.0. The number of para-hydroxylation sites is 1. The van der Waals surface area contributed by atoms with E-state index >= 15 is 0 Å². The number of anilines is 2. The zero-order valence-corrected chi connectivity index (χ0v) is 26.5. The number of nitrogens with zero attached hydrogens (tertiary/aromatic N) is 3. The summed E-state index contributed by atoms with van der Waals surface area (Å²) >= 11 is 13.2. The molecule has 0 saturated heterocycles. The van der Waals surface area contributed by atoms with Gasteiger partial charge in [-0.2, -0.15) is 0 Å². The predicted octanol–water partition coefficient (Wildman–Crippen LogP) is 6.87. The Hall–Kier alpha value is -5.25. The van der Waals surface area contributed by atoms with Crippen LogP contribution in [0, 0.1) is 6.92 Å². The van der Waals surface area contributed by atoms with Crippen LogP contribution in [-0.2, 0) is 16.2 Å². The third-order valence-electron chi connectivity index (χ3n) is 7.00. The van der Waals surface area contributed by atoms with E-state index in [0.717, 1.165) is 22.2 Å². The van der Waals surface area contributed by atoms with Crippen molar-refractivity contribution in [2.75, 3.05) is 23.8 Å². The average molecular weight is 655 g/mol. The highest BCUT2D eigenvalue weighted by Crippen LogP contribution is 2.35. The maximum absolute atomic E-state index is 13.0. The number of fused-ring (bicyclic) bond motifs is 1. The summed E-state index contributed by atoms with van der Waals surface area (Å²) in [7, 11) is 1.57. The number of likely N-dealkylation sites (N-methyl/N-ethyl adjacent to an activating group) is 1. The molecule has 0 aliphatic heterocycles. The monoisotopic (exact) mass is 653 g/mol. The number of ether oxygens (including phenoxy) is 1. The molecule has 2 heterocycles. The fraction of sp³-hybridized carbons (Fsp3) is 0.114. The van der Waals surface area contributed by atoms with Gasteiger partial charge >= 0.3 is 0 Å². The summed E-state index contributed by atoms with van der Waals surface area (Å²) in [6.07, 6.45) is 4.47. The Morgan fingerprint density at radius 3 is 2.50 bits per heavy atom. The van der Waals surface area contributed by atoms with Gasteiger partial charge in [0.2, 0.25) is 11.8 Å². The summed E-state index contributed by atoms with van der Waals surface area (Å²) in [6, 6.07) is 24.9. The number of aromatic nitrogens is 2.